The van der Waals surface area contributed by atoms with E-state index in [1.165, 1.54) is 12.8 Å². The Labute approximate surface area is 102 Å². The van der Waals surface area contributed by atoms with Crippen LogP contribution in [0.1, 0.15) is 31.4 Å². The lowest BCUT2D eigenvalue weighted by molar-refractivity contribution is 0.317. The molecule has 0 amide bonds. The standard InChI is InChI=1S/C12H17NO2.ClH/c1-2-15-11-7-9(5-6-10(11)14)12(13)8-3-4-8;/h5-8,12,14H,2-4,13H2,1H3;1H/t12-;/m1./s1. The average molecular weight is 244 g/mol. The minimum atomic E-state index is 0. The van der Waals surface area contributed by atoms with Gasteiger partial charge in [-0.25, -0.2) is 0 Å². The van der Waals surface area contributed by atoms with Crippen molar-refractivity contribution in [2.45, 2.75) is 25.8 Å². The number of nitrogens with two attached hydrogens (primary N) is 1. The molecule has 3 N–H and O–H groups in total. The highest BCUT2D eigenvalue weighted by atomic mass is 35.5. The summed E-state index contributed by atoms with van der Waals surface area (Å²) in [5.74, 6) is 1.33. The summed E-state index contributed by atoms with van der Waals surface area (Å²) in [6, 6.07) is 5.47. The SMILES string of the molecule is CCOc1cc([C@H](N)C2CC2)ccc1O.Cl. The van der Waals surface area contributed by atoms with Gasteiger partial charge in [-0.15, -0.1) is 12.4 Å². The number of phenolic OH excluding ortho intramolecular Hbond substituents is 1. The molecule has 1 aromatic carbocycles. The van der Waals surface area contributed by atoms with Gasteiger partial charge in [0.05, 0.1) is 6.61 Å². The minimum Gasteiger partial charge on any atom is -0.504 e. The molecule has 16 heavy (non-hydrogen) atoms. The zero-order valence-corrected chi connectivity index (χ0v) is 10.2. The van der Waals surface area contributed by atoms with Gasteiger partial charge in [-0.1, -0.05) is 6.07 Å². The summed E-state index contributed by atoms with van der Waals surface area (Å²) in [6.45, 7) is 2.45. The number of hydrogen-bond donors (Lipinski definition) is 2. The number of hydrogen-bond acceptors (Lipinski definition) is 3. The summed E-state index contributed by atoms with van der Waals surface area (Å²) in [6.07, 6.45) is 2.43. The van der Waals surface area contributed by atoms with E-state index in [2.05, 4.69) is 0 Å². The number of phenols is 1. The second-order valence-corrected chi connectivity index (χ2v) is 4.02. The van der Waals surface area contributed by atoms with Crippen molar-refractivity contribution in [1.82, 2.24) is 0 Å². The van der Waals surface area contributed by atoms with Gasteiger partial charge >= 0.3 is 0 Å². The molecular weight excluding hydrogens is 226 g/mol. The Kier molecular flexibility index (Phi) is 4.44. The topological polar surface area (TPSA) is 55.5 Å². The molecule has 90 valence electrons. The van der Waals surface area contributed by atoms with Gasteiger partial charge in [0.15, 0.2) is 11.5 Å². The van der Waals surface area contributed by atoms with Crippen LogP contribution in [0.25, 0.3) is 0 Å². The molecule has 0 heterocycles. The molecule has 1 aromatic rings. The molecule has 0 radical (unpaired) electrons. The minimum absolute atomic E-state index is 0. The van der Waals surface area contributed by atoms with Crippen LogP contribution in [0.2, 0.25) is 0 Å². The Morgan fingerprint density at radius 2 is 2.19 bits per heavy atom. The number of benzene rings is 1. The molecule has 0 spiro atoms. The van der Waals surface area contributed by atoms with E-state index in [9.17, 15) is 5.11 Å². The molecule has 0 bridgehead atoms. The van der Waals surface area contributed by atoms with Crippen molar-refractivity contribution in [3.63, 3.8) is 0 Å². The van der Waals surface area contributed by atoms with Crippen LogP contribution < -0.4 is 10.5 Å². The first-order valence-corrected chi connectivity index (χ1v) is 5.43. The van der Waals surface area contributed by atoms with Crippen LogP contribution >= 0.6 is 12.4 Å². The fraction of sp³-hybridized carbons (Fsp3) is 0.500. The van der Waals surface area contributed by atoms with E-state index < -0.39 is 0 Å². The van der Waals surface area contributed by atoms with Crippen LogP contribution in [0.3, 0.4) is 0 Å². The molecule has 3 nitrogen and oxygen atoms in total. The summed E-state index contributed by atoms with van der Waals surface area (Å²) in [5.41, 5.74) is 7.13. The van der Waals surface area contributed by atoms with E-state index in [0.29, 0.717) is 18.3 Å². The van der Waals surface area contributed by atoms with E-state index in [1.807, 2.05) is 19.1 Å². The first kappa shape index (κ1) is 13.1. The average Bonchev–Trinajstić information content (AvgIpc) is 3.04. The van der Waals surface area contributed by atoms with Gasteiger partial charge < -0.3 is 15.6 Å². The fourth-order valence-electron chi connectivity index (χ4n) is 1.74. The Balaban J connectivity index is 0.00000128. The third-order valence-corrected chi connectivity index (χ3v) is 2.80. The van der Waals surface area contributed by atoms with Crippen LogP contribution in [0.15, 0.2) is 18.2 Å². The van der Waals surface area contributed by atoms with E-state index in [0.717, 1.165) is 5.56 Å². The fourth-order valence-corrected chi connectivity index (χ4v) is 1.74. The summed E-state index contributed by atoms with van der Waals surface area (Å²) in [4.78, 5) is 0. The van der Waals surface area contributed by atoms with Gasteiger partial charge in [0.25, 0.3) is 0 Å². The maximum Gasteiger partial charge on any atom is 0.161 e. The molecular formula is C12H18ClNO2. The highest BCUT2D eigenvalue weighted by molar-refractivity contribution is 5.85. The van der Waals surface area contributed by atoms with Crippen LogP contribution in [0.5, 0.6) is 11.5 Å². The largest absolute Gasteiger partial charge is 0.504 e. The molecule has 2 rings (SSSR count). The molecule has 0 saturated heterocycles. The maximum atomic E-state index is 9.54. The number of aromatic hydroxyl groups is 1. The van der Waals surface area contributed by atoms with Gasteiger partial charge in [0.1, 0.15) is 0 Å². The molecule has 4 heteroatoms. The van der Waals surface area contributed by atoms with Gasteiger partial charge in [-0.3, -0.25) is 0 Å². The van der Waals surface area contributed by atoms with E-state index in [4.69, 9.17) is 10.5 Å². The van der Waals surface area contributed by atoms with Crippen LogP contribution in [-0.2, 0) is 0 Å². The highest BCUT2D eigenvalue weighted by Gasteiger charge is 2.29. The van der Waals surface area contributed by atoms with E-state index in [-0.39, 0.29) is 24.2 Å². The van der Waals surface area contributed by atoms with Crippen molar-refractivity contribution in [3.8, 4) is 11.5 Å². The Morgan fingerprint density at radius 1 is 1.50 bits per heavy atom. The molecule has 1 aliphatic rings. The van der Waals surface area contributed by atoms with Gasteiger partial charge in [-0.05, 0) is 43.4 Å². The second-order valence-electron chi connectivity index (χ2n) is 4.02. The lowest BCUT2D eigenvalue weighted by atomic mass is 10.0. The van der Waals surface area contributed by atoms with Gasteiger partial charge in [0.2, 0.25) is 0 Å². The van der Waals surface area contributed by atoms with Crippen molar-refractivity contribution in [2.24, 2.45) is 11.7 Å². The van der Waals surface area contributed by atoms with Crippen LogP contribution in [-0.4, -0.2) is 11.7 Å². The van der Waals surface area contributed by atoms with Crippen molar-refractivity contribution in [2.75, 3.05) is 6.61 Å². The molecule has 0 unspecified atom stereocenters. The molecule has 1 aliphatic carbocycles. The van der Waals surface area contributed by atoms with Crippen molar-refractivity contribution in [1.29, 1.82) is 0 Å². The van der Waals surface area contributed by atoms with Gasteiger partial charge in [-0.2, -0.15) is 0 Å². The second kappa shape index (κ2) is 5.41. The quantitative estimate of drug-likeness (QED) is 0.855. The Bertz CT molecular complexity index is 353. The lowest BCUT2D eigenvalue weighted by Crippen LogP contribution is -2.12. The molecule has 1 atom stereocenters. The summed E-state index contributed by atoms with van der Waals surface area (Å²) >= 11 is 0. The lowest BCUT2D eigenvalue weighted by Gasteiger charge is -2.13. The summed E-state index contributed by atoms with van der Waals surface area (Å²) in [7, 11) is 0. The van der Waals surface area contributed by atoms with Crippen molar-refractivity contribution in [3.05, 3.63) is 23.8 Å². The normalized spacial score (nSPS) is 16.4. The number of halogens is 1. The van der Waals surface area contributed by atoms with Gasteiger partial charge in [0, 0.05) is 6.04 Å². The van der Waals surface area contributed by atoms with Crippen molar-refractivity contribution >= 4 is 12.4 Å². The Hall–Kier alpha value is -0.930. The Morgan fingerprint density at radius 3 is 2.75 bits per heavy atom. The number of rotatable bonds is 4. The first-order valence-electron chi connectivity index (χ1n) is 5.43. The molecule has 1 saturated carbocycles. The molecule has 0 aromatic heterocycles. The number of ether oxygens (including phenoxy) is 1. The zero-order chi connectivity index (χ0) is 10.8. The zero-order valence-electron chi connectivity index (χ0n) is 9.35. The monoisotopic (exact) mass is 243 g/mol. The third kappa shape index (κ3) is 2.80. The maximum absolute atomic E-state index is 9.54. The smallest absolute Gasteiger partial charge is 0.161 e. The molecule has 1 fully saturated rings. The van der Waals surface area contributed by atoms with Crippen LogP contribution in [0, 0.1) is 5.92 Å². The molecule has 0 aliphatic heterocycles. The third-order valence-electron chi connectivity index (χ3n) is 2.80. The van der Waals surface area contributed by atoms with E-state index >= 15 is 0 Å². The summed E-state index contributed by atoms with van der Waals surface area (Å²) in [5, 5.41) is 9.54. The highest BCUT2D eigenvalue weighted by Crippen LogP contribution is 2.41. The van der Waals surface area contributed by atoms with Crippen LogP contribution in [0.4, 0.5) is 0 Å². The summed E-state index contributed by atoms with van der Waals surface area (Å²) < 4.78 is 5.32. The predicted octanol–water partition coefficient (Wildman–Crippen LogP) is 2.62. The first-order chi connectivity index (χ1) is 7.22. The van der Waals surface area contributed by atoms with E-state index in [1.54, 1.807) is 6.07 Å². The van der Waals surface area contributed by atoms with Crippen molar-refractivity contribution < 1.29 is 9.84 Å². The predicted molar refractivity (Wildman–Crippen MR) is 66.2 cm³/mol.